The van der Waals surface area contributed by atoms with Gasteiger partial charge in [-0.15, -0.1) is 3.89 Å². The normalized spacial score (nSPS) is 13.2. The van der Waals surface area contributed by atoms with Crippen LogP contribution in [0.1, 0.15) is 38.3 Å². The van der Waals surface area contributed by atoms with Gasteiger partial charge in [0.15, 0.2) is 12.3 Å². The summed E-state index contributed by atoms with van der Waals surface area (Å²) in [6.07, 6.45) is 4.67. The highest BCUT2D eigenvalue weighted by molar-refractivity contribution is 7.92. The summed E-state index contributed by atoms with van der Waals surface area (Å²) >= 11 is 0.0556. The number of methoxy groups -OCH3 is 1. The maximum Gasteiger partial charge on any atom is 0.407 e. The maximum atomic E-state index is 14.3. The highest BCUT2D eigenvalue weighted by Gasteiger charge is 2.21. The fourth-order valence-electron chi connectivity index (χ4n) is 6.04. The minimum atomic E-state index is -0.685. The summed E-state index contributed by atoms with van der Waals surface area (Å²) in [6, 6.07) is 16.7. The van der Waals surface area contributed by atoms with Gasteiger partial charge in [0.05, 0.1) is 44.0 Å². The van der Waals surface area contributed by atoms with Gasteiger partial charge in [-0.25, -0.2) is 18.7 Å². The number of benzene rings is 2. The smallest absolute Gasteiger partial charge is 0.407 e. The Bertz CT molecular complexity index is 1650. The van der Waals surface area contributed by atoms with E-state index in [2.05, 4.69) is 90.1 Å². The third kappa shape index (κ3) is 9.12. The van der Waals surface area contributed by atoms with Gasteiger partial charge in [0.2, 0.25) is 5.91 Å². The minimum absolute atomic E-state index is 0.0556. The molecule has 0 bridgehead atoms. The molecule has 14 heteroatoms. The highest BCUT2D eigenvalue weighted by Crippen LogP contribution is 2.30. The number of hydrogen-bond acceptors (Lipinski definition) is 9. The first-order chi connectivity index (χ1) is 23.8. The number of aromatic amines is 1. The quantitative estimate of drug-likeness (QED) is 0.165. The van der Waals surface area contributed by atoms with Crippen LogP contribution in [0.4, 0.5) is 20.1 Å². The molecule has 2 aromatic carbocycles. The molecule has 4 aromatic rings. The number of nitrogens with one attached hydrogen (secondary N) is 2. The summed E-state index contributed by atoms with van der Waals surface area (Å²) in [5.74, 6) is 1.08. The van der Waals surface area contributed by atoms with E-state index in [1.54, 1.807) is 11.1 Å². The van der Waals surface area contributed by atoms with Crippen LogP contribution in [-0.4, -0.2) is 101 Å². The Labute approximate surface area is 292 Å². The topological polar surface area (TPSA) is 115 Å². The SMILES string of the molecule is CCCN(C)Cc1ncc(-c2ccc(N3CCN(c4ccc(-c5cnc(CN(CCC)C(=O)CNC(=O)OC)n5SF)cc4)CC3)cc2)[nH]1. The monoisotopic (exact) mass is 691 g/mol. The maximum absolute atomic E-state index is 14.3. The van der Waals surface area contributed by atoms with Gasteiger partial charge in [0.25, 0.3) is 0 Å². The summed E-state index contributed by atoms with van der Waals surface area (Å²) in [7, 11) is 3.35. The Hall–Kier alpha value is -4.56. The van der Waals surface area contributed by atoms with Gasteiger partial charge < -0.3 is 29.7 Å². The van der Waals surface area contributed by atoms with Gasteiger partial charge in [-0.1, -0.05) is 38.1 Å². The van der Waals surface area contributed by atoms with Crippen molar-refractivity contribution in [3.8, 4) is 22.5 Å². The van der Waals surface area contributed by atoms with Crippen LogP contribution in [-0.2, 0) is 22.6 Å². The molecule has 0 radical (unpaired) electrons. The Morgan fingerprint density at radius 2 is 1.51 bits per heavy atom. The lowest BCUT2D eigenvalue weighted by Gasteiger charge is -2.37. The summed E-state index contributed by atoms with van der Waals surface area (Å²) < 4.78 is 20.2. The predicted octanol–water partition coefficient (Wildman–Crippen LogP) is 5.58. The molecule has 5 rings (SSSR count). The van der Waals surface area contributed by atoms with Crippen LogP contribution in [0.3, 0.4) is 0 Å². The van der Waals surface area contributed by atoms with Gasteiger partial charge in [0.1, 0.15) is 18.2 Å². The fourth-order valence-corrected chi connectivity index (χ4v) is 6.45. The fraction of sp³-hybridized carbons (Fsp3) is 0.429. The van der Waals surface area contributed by atoms with Crippen LogP contribution in [0.25, 0.3) is 22.5 Å². The van der Waals surface area contributed by atoms with Gasteiger partial charge in [-0.2, -0.15) is 0 Å². The van der Waals surface area contributed by atoms with Crippen molar-refractivity contribution >= 4 is 35.7 Å². The number of nitrogens with zero attached hydrogens (tertiary/aromatic N) is 7. The highest BCUT2D eigenvalue weighted by atomic mass is 32.2. The van der Waals surface area contributed by atoms with E-state index in [0.29, 0.717) is 24.5 Å². The number of hydrogen-bond donors (Lipinski definition) is 2. The van der Waals surface area contributed by atoms with Gasteiger partial charge in [0, 0.05) is 49.7 Å². The van der Waals surface area contributed by atoms with Crippen molar-refractivity contribution < 1.29 is 18.2 Å². The molecule has 0 spiro atoms. The van der Waals surface area contributed by atoms with E-state index in [1.807, 2.05) is 25.3 Å². The number of carbonyl (C=O) groups excluding carboxylic acids is 2. The molecule has 2 N–H and O–H groups in total. The second-order valence-corrected chi connectivity index (χ2v) is 12.6. The average molecular weight is 692 g/mol. The summed E-state index contributed by atoms with van der Waals surface area (Å²) in [6.45, 7) is 9.87. The van der Waals surface area contributed by atoms with Crippen LogP contribution in [0.15, 0.2) is 60.9 Å². The molecule has 2 amide bonds. The number of alkyl carbamates (subject to hydrolysis) is 1. The van der Waals surface area contributed by atoms with Crippen molar-refractivity contribution in [1.29, 1.82) is 0 Å². The first kappa shape index (κ1) is 35.7. The molecule has 1 aliphatic rings. The second-order valence-electron chi connectivity index (χ2n) is 12.1. The van der Waals surface area contributed by atoms with Crippen molar-refractivity contribution in [3.05, 3.63) is 72.6 Å². The predicted molar refractivity (Wildman–Crippen MR) is 193 cm³/mol. The van der Waals surface area contributed by atoms with Gasteiger partial charge in [-0.05, 0) is 56.3 Å². The Morgan fingerprint density at radius 3 is 2.08 bits per heavy atom. The molecule has 0 unspecified atom stereocenters. The van der Waals surface area contributed by atoms with E-state index >= 15 is 0 Å². The van der Waals surface area contributed by atoms with Crippen molar-refractivity contribution in [3.63, 3.8) is 0 Å². The number of anilines is 2. The lowest BCUT2D eigenvalue weighted by Crippen LogP contribution is -2.46. The molecule has 3 heterocycles. The van der Waals surface area contributed by atoms with E-state index in [-0.39, 0.29) is 31.3 Å². The van der Waals surface area contributed by atoms with E-state index in [9.17, 15) is 13.5 Å². The van der Waals surface area contributed by atoms with Gasteiger partial charge in [-0.3, -0.25) is 9.69 Å². The number of carbonyl (C=O) groups is 2. The number of piperazine rings is 1. The molecule has 1 saturated heterocycles. The third-order valence-corrected chi connectivity index (χ3v) is 9.16. The second kappa shape index (κ2) is 17.2. The number of H-pyrrole nitrogens is 1. The Morgan fingerprint density at radius 1 is 0.898 bits per heavy atom. The minimum Gasteiger partial charge on any atom is -0.453 e. The number of ether oxygens (including phenoxy) is 1. The van der Waals surface area contributed by atoms with Crippen molar-refractivity contribution in [2.45, 2.75) is 39.8 Å². The Kier molecular flexibility index (Phi) is 12.5. The summed E-state index contributed by atoms with van der Waals surface area (Å²) in [5.41, 5.74) is 5.89. The zero-order chi connectivity index (χ0) is 34.8. The molecule has 2 aromatic heterocycles. The molecular weight excluding hydrogens is 646 g/mol. The molecule has 49 heavy (non-hydrogen) atoms. The Balaban J connectivity index is 1.17. The molecule has 1 aliphatic heterocycles. The molecule has 0 aliphatic carbocycles. The number of rotatable bonds is 15. The lowest BCUT2D eigenvalue weighted by atomic mass is 10.1. The molecule has 1 fully saturated rings. The summed E-state index contributed by atoms with van der Waals surface area (Å²) in [4.78, 5) is 45.2. The average Bonchev–Trinajstić information content (AvgIpc) is 3.77. The molecule has 262 valence electrons. The lowest BCUT2D eigenvalue weighted by molar-refractivity contribution is -0.130. The first-order valence-electron chi connectivity index (χ1n) is 16.7. The number of aromatic nitrogens is 4. The van der Waals surface area contributed by atoms with E-state index in [4.69, 9.17) is 0 Å². The zero-order valence-electron chi connectivity index (χ0n) is 28.7. The van der Waals surface area contributed by atoms with E-state index in [0.717, 1.165) is 74.0 Å². The van der Waals surface area contributed by atoms with Crippen LogP contribution in [0, 0.1) is 0 Å². The van der Waals surface area contributed by atoms with Crippen LogP contribution in [0.2, 0.25) is 0 Å². The summed E-state index contributed by atoms with van der Waals surface area (Å²) in [5, 5.41) is 2.41. The van der Waals surface area contributed by atoms with E-state index < -0.39 is 6.09 Å². The van der Waals surface area contributed by atoms with Gasteiger partial charge >= 0.3 is 6.09 Å². The molecule has 0 atom stereocenters. The molecule has 0 saturated carbocycles. The number of halogens is 1. The van der Waals surface area contributed by atoms with Crippen LogP contribution < -0.4 is 15.1 Å². The van der Waals surface area contributed by atoms with Crippen LogP contribution in [0.5, 0.6) is 0 Å². The standard InChI is InChI=1S/C35H46FN9O3S/c1-5-15-41(3)24-32-37-21-30(40-32)26-7-11-28(12-8-26)42-17-19-43(20-18-42)29-13-9-27(10-14-29)31-22-38-33(45(31)49-36)25-44(16-6-2)34(46)23-39-35(47)48-4/h7-14,21-22H,5-6,15-20,23-25H2,1-4H3,(H,37,40)(H,39,47). The van der Waals surface area contributed by atoms with Crippen molar-refractivity contribution in [1.82, 2.24) is 34.0 Å². The van der Waals surface area contributed by atoms with E-state index in [1.165, 1.54) is 16.8 Å². The first-order valence-corrected chi connectivity index (χ1v) is 17.4. The van der Waals surface area contributed by atoms with Crippen molar-refractivity contribution in [2.24, 2.45) is 0 Å². The number of amides is 2. The largest absolute Gasteiger partial charge is 0.453 e. The van der Waals surface area contributed by atoms with Crippen LogP contribution >= 0.6 is 12.3 Å². The third-order valence-electron chi connectivity index (χ3n) is 8.61. The molecular formula is C35H46FN9O3S. The van der Waals surface area contributed by atoms with Crippen molar-refractivity contribution in [2.75, 3.05) is 69.8 Å². The molecule has 12 nitrogen and oxygen atoms in total. The number of imidazole rings is 2. The zero-order valence-corrected chi connectivity index (χ0v) is 29.5.